The lowest BCUT2D eigenvalue weighted by Crippen LogP contribution is -2.40. The van der Waals surface area contributed by atoms with E-state index in [0.717, 1.165) is 19.3 Å². The quantitative estimate of drug-likeness (QED) is 0.635. The molecule has 1 saturated heterocycles. The van der Waals surface area contributed by atoms with Crippen LogP contribution in [0.5, 0.6) is 0 Å². The number of fused-ring (bicyclic) bond motifs is 1. The van der Waals surface area contributed by atoms with Gasteiger partial charge in [0.15, 0.2) is 0 Å². The van der Waals surface area contributed by atoms with Crippen LogP contribution in [0.1, 0.15) is 19.3 Å². The Morgan fingerprint density at radius 3 is 2.86 bits per heavy atom. The third-order valence-electron chi connectivity index (χ3n) is 4.52. The van der Waals surface area contributed by atoms with Gasteiger partial charge in [0.05, 0.1) is 4.92 Å². The lowest BCUT2D eigenvalue weighted by Gasteiger charge is -2.25. The van der Waals surface area contributed by atoms with Gasteiger partial charge in [0.25, 0.3) is 0 Å². The second-order valence-electron chi connectivity index (χ2n) is 5.62. The van der Waals surface area contributed by atoms with E-state index in [1.54, 1.807) is 4.90 Å². The number of carbonyl (C=O) groups is 1. The molecule has 2 fully saturated rings. The second kappa shape index (κ2) is 4.87. The first-order valence-corrected chi connectivity index (χ1v) is 6.89. The van der Waals surface area contributed by atoms with Crippen molar-refractivity contribution in [3.63, 3.8) is 0 Å². The summed E-state index contributed by atoms with van der Waals surface area (Å²) in [6.45, 7) is 0.617. The summed E-state index contributed by atoms with van der Waals surface area (Å²) in [6.07, 6.45) is 2.98. The van der Waals surface area contributed by atoms with Crippen molar-refractivity contribution >= 4 is 23.3 Å². The van der Waals surface area contributed by atoms with Crippen molar-refractivity contribution in [2.75, 3.05) is 17.2 Å². The maximum atomic E-state index is 11.6. The summed E-state index contributed by atoms with van der Waals surface area (Å²) in [6, 6.07) is 2.14. The van der Waals surface area contributed by atoms with Gasteiger partial charge in [-0.1, -0.05) is 6.42 Å². The highest BCUT2D eigenvalue weighted by molar-refractivity contribution is 5.79. The van der Waals surface area contributed by atoms with Gasteiger partial charge in [0.1, 0.15) is 11.9 Å². The van der Waals surface area contributed by atoms with Crippen molar-refractivity contribution in [2.45, 2.75) is 25.3 Å². The number of nitrogens with zero attached hydrogens (tertiary/aromatic N) is 3. The predicted molar refractivity (Wildman–Crippen MR) is 74.9 cm³/mol. The number of carboxylic acids is 1. The molecule has 3 N–H and O–H groups in total. The first kappa shape index (κ1) is 13.6. The molecule has 112 valence electrons. The number of pyridine rings is 1. The van der Waals surface area contributed by atoms with Crippen LogP contribution in [0.3, 0.4) is 0 Å². The highest BCUT2D eigenvalue weighted by Gasteiger charge is 2.48. The van der Waals surface area contributed by atoms with Crippen LogP contribution in [-0.2, 0) is 4.79 Å². The molecule has 3 rings (SSSR count). The van der Waals surface area contributed by atoms with Crippen LogP contribution in [0.15, 0.2) is 12.1 Å². The zero-order valence-electron chi connectivity index (χ0n) is 11.3. The normalized spacial score (nSPS) is 27.6. The molecule has 3 unspecified atom stereocenters. The number of carboxylic acid groups (broad SMARTS) is 1. The topological polar surface area (TPSA) is 123 Å². The fourth-order valence-electron chi connectivity index (χ4n) is 3.63. The van der Waals surface area contributed by atoms with Gasteiger partial charge < -0.3 is 15.7 Å². The Kier molecular flexibility index (Phi) is 3.15. The van der Waals surface area contributed by atoms with E-state index >= 15 is 0 Å². The van der Waals surface area contributed by atoms with Gasteiger partial charge >= 0.3 is 11.7 Å². The van der Waals surface area contributed by atoms with Crippen molar-refractivity contribution in [2.24, 2.45) is 11.8 Å². The number of rotatable bonds is 3. The Labute approximate surface area is 120 Å². The number of hydrogen-bond donors (Lipinski definition) is 2. The lowest BCUT2D eigenvalue weighted by molar-refractivity contribution is -0.384. The van der Waals surface area contributed by atoms with Crippen molar-refractivity contribution < 1.29 is 14.8 Å². The third-order valence-corrected chi connectivity index (χ3v) is 4.52. The summed E-state index contributed by atoms with van der Waals surface area (Å²) >= 11 is 0. The molecule has 2 aliphatic rings. The van der Waals surface area contributed by atoms with Crippen LogP contribution in [0, 0.1) is 22.0 Å². The van der Waals surface area contributed by atoms with E-state index in [1.807, 2.05) is 0 Å². The zero-order valence-corrected chi connectivity index (χ0v) is 11.3. The smallest absolute Gasteiger partial charge is 0.326 e. The Bertz CT molecular complexity index is 606. The molecule has 0 bridgehead atoms. The molecule has 8 heteroatoms. The minimum atomic E-state index is -0.872. The zero-order chi connectivity index (χ0) is 15.1. The van der Waals surface area contributed by atoms with E-state index in [0.29, 0.717) is 18.3 Å². The van der Waals surface area contributed by atoms with Gasteiger partial charge in [-0.25, -0.2) is 9.78 Å². The van der Waals surface area contributed by atoms with Gasteiger partial charge in [0.2, 0.25) is 5.82 Å². The fraction of sp³-hybridized carbons (Fsp3) is 0.538. The molecular weight excluding hydrogens is 276 g/mol. The first-order valence-electron chi connectivity index (χ1n) is 6.89. The number of aliphatic carboxylic acids is 1. The minimum Gasteiger partial charge on any atom is -0.480 e. The molecule has 3 atom stereocenters. The average Bonchev–Trinajstić information content (AvgIpc) is 2.96. The highest BCUT2D eigenvalue weighted by atomic mass is 16.6. The van der Waals surface area contributed by atoms with Gasteiger partial charge in [-0.15, -0.1) is 0 Å². The third kappa shape index (κ3) is 2.16. The second-order valence-corrected chi connectivity index (χ2v) is 5.62. The monoisotopic (exact) mass is 292 g/mol. The molecule has 8 nitrogen and oxygen atoms in total. The van der Waals surface area contributed by atoms with Crippen LogP contribution < -0.4 is 10.6 Å². The van der Waals surface area contributed by atoms with E-state index in [2.05, 4.69) is 4.98 Å². The fourth-order valence-corrected chi connectivity index (χ4v) is 3.63. The van der Waals surface area contributed by atoms with Crippen molar-refractivity contribution in [3.05, 3.63) is 22.2 Å². The minimum absolute atomic E-state index is 0.126. The molecule has 1 aromatic heterocycles. The summed E-state index contributed by atoms with van der Waals surface area (Å²) in [5.74, 6) is -0.174. The van der Waals surface area contributed by atoms with Crippen molar-refractivity contribution in [1.29, 1.82) is 0 Å². The SMILES string of the molecule is Nc1nc(N2CC3CCCC3C2C(=O)O)ccc1[N+](=O)[O-]. The van der Waals surface area contributed by atoms with Crippen molar-refractivity contribution in [3.8, 4) is 0 Å². The molecule has 0 spiro atoms. The Hall–Kier alpha value is -2.38. The number of nitrogen functional groups attached to an aromatic ring is 1. The van der Waals surface area contributed by atoms with E-state index in [1.165, 1.54) is 12.1 Å². The molecule has 0 aromatic carbocycles. The van der Waals surface area contributed by atoms with Crippen LogP contribution in [0.2, 0.25) is 0 Å². The summed E-state index contributed by atoms with van der Waals surface area (Å²) in [5, 5.41) is 20.3. The Morgan fingerprint density at radius 1 is 1.48 bits per heavy atom. The predicted octanol–water partition coefficient (Wildman–Crippen LogP) is 1.26. The summed E-state index contributed by atoms with van der Waals surface area (Å²) in [5.41, 5.74) is 5.34. The van der Waals surface area contributed by atoms with Crippen LogP contribution in [0.4, 0.5) is 17.3 Å². The number of aromatic nitrogens is 1. The van der Waals surface area contributed by atoms with E-state index in [-0.39, 0.29) is 17.4 Å². The van der Waals surface area contributed by atoms with E-state index in [4.69, 9.17) is 5.73 Å². The number of anilines is 2. The molecule has 0 radical (unpaired) electrons. The first-order chi connectivity index (χ1) is 9.99. The van der Waals surface area contributed by atoms with Crippen LogP contribution in [-0.4, -0.2) is 33.6 Å². The number of nitrogens with two attached hydrogens (primary N) is 1. The molecule has 1 aliphatic carbocycles. The summed E-state index contributed by atoms with van der Waals surface area (Å²) in [4.78, 5) is 27.5. The molecular formula is C13H16N4O4. The summed E-state index contributed by atoms with van der Waals surface area (Å²) in [7, 11) is 0. The lowest BCUT2D eigenvalue weighted by atomic mass is 9.94. The number of nitro groups is 1. The van der Waals surface area contributed by atoms with Gasteiger partial charge in [-0.3, -0.25) is 10.1 Å². The molecule has 1 aromatic rings. The van der Waals surface area contributed by atoms with Crippen LogP contribution in [0.25, 0.3) is 0 Å². The van der Waals surface area contributed by atoms with Gasteiger partial charge in [0, 0.05) is 12.6 Å². The molecule has 21 heavy (non-hydrogen) atoms. The maximum Gasteiger partial charge on any atom is 0.326 e. The Balaban J connectivity index is 1.94. The largest absolute Gasteiger partial charge is 0.480 e. The van der Waals surface area contributed by atoms with Crippen LogP contribution >= 0.6 is 0 Å². The Morgan fingerprint density at radius 2 is 2.24 bits per heavy atom. The van der Waals surface area contributed by atoms with E-state index < -0.39 is 16.9 Å². The van der Waals surface area contributed by atoms with Gasteiger partial charge in [-0.2, -0.15) is 0 Å². The summed E-state index contributed by atoms with van der Waals surface area (Å²) < 4.78 is 0. The molecule has 0 amide bonds. The molecule has 1 saturated carbocycles. The van der Waals surface area contributed by atoms with E-state index in [9.17, 15) is 20.0 Å². The molecule has 2 heterocycles. The van der Waals surface area contributed by atoms with Gasteiger partial charge in [-0.05, 0) is 30.7 Å². The standard InChI is InChI=1S/C13H16N4O4/c14-12-9(17(20)21)4-5-10(15-12)16-6-7-2-1-3-8(7)11(16)13(18)19/h4-5,7-8,11H,1-3,6H2,(H2,14,15)(H,18,19). The maximum absolute atomic E-state index is 11.6. The highest BCUT2D eigenvalue weighted by Crippen LogP contribution is 2.44. The molecule has 1 aliphatic heterocycles. The average molecular weight is 292 g/mol. The number of hydrogen-bond acceptors (Lipinski definition) is 6. The van der Waals surface area contributed by atoms with Crippen molar-refractivity contribution in [1.82, 2.24) is 4.98 Å².